The maximum atomic E-state index is 12.5. The van der Waals surface area contributed by atoms with Crippen LogP contribution in [0.1, 0.15) is 54.4 Å². The van der Waals surface area contributed by atoms with Crippen LogP contribution >= 0.6 is 0 Å². The summed E-state index contributed by atoms with van der Waals surface area (Å²) in [4.78, 5) is 17.3. The number of carbonyl (C=O) groups is 1. The number of hydrogen-bond donors (Lipinski definition) is 0. The highest BCUT2D eigenvalue weighted by Gasteiger charge is 2.35. The fourth-order valence-electron chi connectivity index (χ4n) is 3.63. The Bertz CT molecular complexity index is 408. The van der Waals surface area contributed by atoms with Crippen molar-refractivity contribution in [3.8, 4) is 0 Å². The second kappa shape index (κ2) is 7.84. The van der Waals surface area contributed by atoms with Crippen molar-refractivity contribution in [1.29, 1.82) is 0 Å². The molecule has 0 unspecified atom stereocenters. The highest BCUT2D eigenvalue weighted by molar-refractivity contribution is 5.83. The average Bonchev–Trinajstić information content (AvgIpc) is 2.36. The molecule has 1 saturated heterocycles. The Morgan fingerprint density at radius 2 is 1.50 bits per heavy atom. The Hall–Kier alpha value is -0.450. The molecule has 4 nitrogen and oxygen atoms in total. The lowest BCUT2D eigenvalue weighted by Gasteiger charge is -2.39. The lowest BCUT2D eigenvalue weighted by molar-refractivity contribution is -0.130. The first-order valence-electron chi connectivity index (χ1n) is 9.63. The zero-order valence-corrected chi connectivity index (χ0v) is 16.7. The lowest BCUT2D eigenvalue weighted by atomic mass is 9.73. The van der Waals surface area contributed by atoms with Gasteiger partial charge in [0, 0.05) is 38.6 Å². The molecular weight excluding hydrogens is 300 g/mol. The summed E-state index contributed by atoms with van der Waals surface area (Å²) < 4.78 is 5.84. The van der Waals surface area contributed by atoms with Crippen molar-refractivity contribution in [2.24, 2.45) is 17.3 Å². The summed E-state index contributed by atoms with van der Waals surface area (Å²) in [6.07, 6.45) is 2.05. The SMILES string of the molecule is CC(C)(C)CN1CCN(CC(=O)C2CC(COC(C)(C)C)C2)CC1. The molecule has 140 valence electrons. The number of carbonyl (C=O) groups excluding carboxylic acids is 1. The minimum absolute atomic E-state index is 0.0676. The van der Waals surface area contributed by atoms with Crippen LogP contribution in [0.4, 0.5) is 0 Å². The summed E-state index contributed by atoms with van der Waals surface area (Å²) in [7, 11) is 0. The van der Waals surface area contributed by atoms with Gasteiger partial charge in [-0.15, -0.1) is 0 Å². The van der Waals surface area contributed by atoms with Crippen LogP contribution in [-0.4, -0.2) is 67.1 Å². The predicted molar refractivity (Wildman–Crippen MR) is 99.3 cm³/mol. The van der Waals surface area contributed by atoms with Gasteiger partial charge in [-0.05, 0) is 44.9 Å². The van der Waals surface area contributed by atoms with Gasteiger partial charge >= 0.3 is 0 Å². The number of nitrogens with zero attached hydrogens (tertiary/aromatic N) is 2. The summed E-state index contributed by atoms with van der Waals surface area (Å²) >= 11 is 0. The Kier molecular flexibility index (Phi) is 6.49. The Balaban J connectivity index is 1.61. The fourth-order valence-corrected chi connectivity index (χ4v) is 3.63. The molecule has 0 N–H and O–H groups in total. The maximum absolute atomic E-state index is 12.5. The van der Waals surface area contributed by atoms with Gasteiger partial charge in [0.15, 0.2) is 0 Å². The van der Waals surface area contributed by atoms with Crippen LogP contribution in [0.25, 0.3) is 0 Å². The normalized spacial score (nSPS) is 27.1. The van der Waals surface area contributed by atoms with E-state index in [1.807, 2.05) is 0 Å². The molecule has 2 aliphatic rings. The Labute approximate surface area is 148 Å². The minimum atomic E-state index is -0.0676. The average molecular weight is 339 g/mol. The van der Waals surface area contributed by atoms with E-state index in [1.54, 1.807) is 0 Å². The number of ether oxygens (including phenoxy) is 1. The molecule has 0 amide bonds. The van der Waals surface area contributed by atoms with Crippen LogP contribution in [0.5, 0.6) is 0 Å². The largest absolute Gasteiger partial charge is 0.376 e. The molecule has 4 heteroatoms. The summed E-state index contributed by atoms with van der Waals surface area (Å²) in [5.74, 6) is 1.32. The molecule has 0 atom stereocenters. The number of hydrogen-bond acceptors (Lipinski definition) is 4. The van der Waals surface area contributed by atoms with Crippen molar-refractivity contribution in [3.63, 3.8) is 0 Å². The third-order valence-corrected chi connectivity index (χ3v) is 4.99. The third-order valence-electron chi connectivity index (χ3n) is 4.99. The van der Waals surface area contributed by atoms with E-state index in [-0.39, 0.29) is 11.5 Å². The second-order valence-corrected chi connectivity index (χ2v) is 10.0. The number of rotatable bonds is 6. The van der Waals surface area contributed by atoms with E-state index in [0.717, 1.165) is 52.2 Å². The van der Waals surface area contributed by atoms with Crippen LogP contribution in [0.2, 0.25) is 0 Å². The van der Waals surface area contributed by atoms with Gasteiger partial charge < -0.3 is 9.64 Å². The van der Waals surface area contributed by atoms with E-state index in [1.165, 1.54) is 0 Å². The number of ketones is 1. The molecule has 0 aromatic carbocycles. The highest BCUT2D eigenvalue weighted by atomic mass is 16.5. The van der Waals surface area contributed by atoms with Gasteiger partial charge in [-0.3, -0.25) is 9.69 Å². The van der Waals surface area contributed by atoms with E-state index in [2.05, 4.69) is 51.3 Å². The standard InChI is InChI=1S/C20H38N2O2/c1-19(2,3)15-22-9-7-21(8-10-22)13-18(23)17-11-16(12-17)14-24-20(4,5)6/h16-17H,7-15H2,1-6H3. The molecule has 0 aromatic rings. The van der Waals surface area contributed by atoms with Gasteiger partial charge in [-0.2, -0.15) is 0 Å². The molecule has 1 aliphatic heterocycles. The van der Waals surface area contributed by atoms with E-state index >= 15 is 0 Å². The van der Waals surface area contributed by atoms with Crippen molar-refractivity contribution >= 4 is 5.78 Å². The molecule has 2 rings (SSSR count). The van der Waals surface area contributed by atoms with Gasteiger partial charge in [0.2, 0.25) is 0 Å². The van der Waals surface area contributed by atoms with Crippen molar-refractivity contribution in [3.05, 3.63) is 0 Å². The summed E-state index contributed by atoms with van der Waals surface area (Å²) in [5.41, 5.74) is 0.288. The monoisotopic (exact) mass is 338 g/mol. The van der Waals surface area contributed by atoms with E-state index < -0.39 is 0 Å². The van der Waals surface area contributed by atoms with Crippen molar-refractivity contribution in [2.45, 2.75) is 60.0 Å². The van der Waals surface area contributed by atoms with Gasteiger partial charge in [0.25, 0.3) is 0 Å². The summed E-state index contributed by atoms with van der Waals surface area (Å²) in [6, 6.07) is 0. The Morgan fingerprint density at radius 3 is 2.00 bits per heavy atom. The smallest absolute Gasteiger partial charge is 0.149 e. The van der Waals surface area contributed by atoms with Crippen LogP contribution in [0.15, 0.2) is 0 Å². The summed E-state index contributed by atoms with van der Waals surface area (Å²) in [5, 5.41) is 0. The zero-order chi connectivity index (χ0) is 18.0. The number of piperazine rings is 1. The van der Waals surface area contributed by atoms with E-state index in [4.69, 9.17) is 4.74 Å². The maximum Gasteiger partial charge on any atom is 0.149 e. The molecule has 0 bridgehead atoms. The molecule has 0 aromatic heterocycles. The van der Waals surface area contributed by atoms with Gasteiger partial charge in [0.1, 0.15) is 5.78 Å². The summed E-state index contributed by atoms with van der Waals surface area (Å²) in [6.45, 7) is 20.0. The Morgan fingerprint density at radius 1 is 0.958 bits per heavy atom. The lowest BCUT2D eigenvalue weighted by Crippen LogP contribution is -2.51. The predicted octanol–water partition coefficient (Wildman–Crippen LogP) is 3.06. The quantitative estimate of drug-likeness (QED) is 0.745. The molecule has 24 heavy (non-hydrogen) atoms. The minimum Gasteiger partial charge on any atom is -0.376 e. The molecular formula is C20H38N2O2. The molecule has 1 heterocycles. The zero-order valence-electron chi connectivity index (χ0n) is 16.7. The van der Waals surface area contributed by atoms with Crippen LogP contribution in [0.3, 0.4) is 0 Å². The van der Waals surface area contributed by atoms with Crippen LogP contribution < -0.4 is 0 Å². The van der Waals surface area contributed by atoms with Crippen molar-refractivity contribution in [1.82, 2.24) is 9.80 Å². The molecule has 1 aliphatic carbocycles. The van der Waals surface area contributed by atoms with Gasteiger partial charge in [0.05, 0.1) is 18.8 Å². The topological polar surface area (TPSA) is 32.8 Å². The molecule has 1 saturated carbocycles. The number of Topliss-reactive ketones (excluding diaryl/α,β-unsaturated/α-hetero) is 1. The first-order chi connectivity index (χ1) is 11.0. The van der Waals surface area contributed by atoms with E-state index in [9.17, 15) is 4.79 Å². The molecule has 2 fully saturated rings. The van der Waals surface area contributed by atoms with Crippen LogP contribution in [-0.2, 0) is 9.53 Å². The van der Waals surface area contributed by atoms with Gasteiger partial charge in [-0.25, -0.2) is 0 Å². The van der Waals surface area contributed by atoms with Crippen molar-refractivity contribution in [2.75, 3.05) is 45.9 Å². The first-order valence-corrected chi connectivity index (χ1v) is 9.63. The van der Waals surface area contributed by atoms with Gasteiger partial charge in [-0.1, -0.05) is 20.8 Å². The van der Waals surface area contributed by atoms with E-state index in [0.29, 0.717) is 23.7 Å². The fraction of sp³-hybridized carbons (Fsp3) is 0.950. The first kappa shape index (κ1) is 19.9. The van der Waals surface area contributed by atoms with Crippen LogP contribution in [0, 0.1) is 17.3 Å². The highest BCUT2D eigenvalue weighted by Crippen LogP contribution is 2.35. The third kappa shape index (κ3) is 6.81. The molecule has 0 spiro atoms. The van der Waals surface area contributed by atoms with Crippen molar-refractivity contribution < 1.29 is 9.53 Å². The second-order valence-electron chi connectivity index (χ2n) is 10.0. The molecule has 0 radical (unpaired) electrons.